The van der Waals surface area contributed by atoms with Crippen LogP contribution in [0.3, 0.4) is 0 Å². The van der Waals surface area contributed by atoms with E-state index in [0.717, 1.165) is 13.2 Å². The van der Waals surface area contributed by atoms with Gasteiger partial charge in [-0.05, 0) is 36.3 Å². The van der Waals surface area contributed by atoms with Gasteiger partial charge in [0.15, 0.2) is 0 Å². The first-order chi connectivity index (χ1) is 15.7. The molecular formula is C18H19Cl2N8O3Ti-. The number of aromatic hydroxyl groups is 2. The van der Waals surface area contributed by atoms with E-state index in [-0.39, 0.29) is 11.5 Å². The molecule has 0 amide bonds. The van der Waals surface area contributed by atoms with E-state index >= 15 is 0 Å². The number of tetrazole rings is 2. The number of halogens is 2. The van der Waals surface area contributed by atoms with Gasteiger partial charge in [0.1, 0.15) is 11.5 Å². The monoisotopic (exact) mass is 513 g/mol. The average molecular weight is 514 g/mol. The van der Waals surface area contributed by atoms with E-state index in [2.05, 4.69) is 41.2 Å². The van der Waals surface area contributed by atoms with Crippen LogP contribution in [0.25, 0.3) is 22.8 Å². The molecular weight excluding hydrogens is 495 g/mol. The summed E-state index contributed by atoms with van der Waals surface area (Å²) in [6.07, 6.45) is 2.56. The van der Waals surface area contributed by atoms with Crippen molar-refractivity contribution in [3.8, 4) is 34.3 Å². The molecule has 1 fully saturated rings. The number of para-hydroxylation sites is 2. The molecule has 168 valence electrons. The Bertz CT molecular complexity index is 922. The van der Waals surface area contributed by atoms with Gasteiger partial charge in [-0.1, -0.05) is 30.3 Å². The quantitative estimate of drug-likeness (QED) is 0.340. The molecule has 0 saturated carbocycles. The summed E-state index contributed by atoms with van der Waals surface area (Å²) in [5, 5.41) is 45.8. The first kappa shape index (κ1) is 25.7. The van der Waals surface area contributed by atoms with Crippen molar-refractivity contribution in [3.05, 3.63) is 48.5 Å². The molecule has 4 aromatic rings. The van der Waals surface area contributed by atoms with Crippen molar-refractivity contribution in [1.82, 2.24) is 41.2 Å². The topological polar surface area (TPSA) is 157 Å². The van der Waals surface area contributed by atoms with Crippen LogP contribution in [0.5, 0.6) is 11.5 Å². The van der Waals surface area contributed by atoms with Crippen molar-refractivity contribution in [2.75, 3.05) is 13.2 Å². The Hall–Kier alpha value is -2.57. The van der Waals surface area contributed by atoms with Crippen LogP contribution in [0.1, 0.15) is 12.8 Å². The van der Waals surface area contributed by atoms with Gasteiger partial charge in [-0.3, -0.25) is 10.3 Å². The van der Waals surface area contributed by atoms with Gasteiger partial charge in [0, 0.05) is 24.6 Å². The van der Waals surface area contributed by atoms with Crippen molar-refractivity contribution < 1.29 is 32.0 Å². The summed E-state index contributed by atoms with van der Waals surface area (Å²) in [5.74, 6) is 1.02. The fourth-order valence-electron chi connectivity index (χ4n) is 2.36. The third-order valence-electron chi connectivity index (χ3n) is 3.78. The number of hydrogen-bond acceptors (Lipinski definition) is 9. The van der Waals surface area contributed by atoms with Crippen LogP contribution in [-0.4, -0.2) is 59.6 Å². The fourth-order valence-corrected chi connectivity index (χ4v) is 2.36. The van der Waals surface area contributed by atoms with E-state index in [1.807, 2.05) is 0 Å². The summed E-state index contributed by atoms with van der Waals surface area (Å²) in [6.45, 7) is 2.00. The Morgan fingerprint density at radius 2 is 1.50 bits per heavy atom. The number of phenolic OH excluding ortho intramolecular Hbond substituents is 2. The molecule has 3 N–H and O–H groups in total. The van der Waals surface area contributed by atoms with E-state index < -0.39 is 17.0 Å². The molecule has 11 nitrogen and oxygen atoms in total. The molecule has 1 saturated heterocycles. The second-order valence-electron chi connectivity index (χ2n) is 5.86. The Labute approximate surface area is 200 Å². The molecule has 0 radical (unpaired) electrons. The van der Waals surface area contributed by atoms with Crippen molar-refractivity contribution in [3.63, 3.8) is 0 Å². The van der Waals surface area contributed by atoms with E-state index in [0.29, 0.717) is 22.8 Å². The van der Waals surface area contributed by atoms with Crippen LogP contribution >= 0.6 is 18.6 Å². The number of hydrogen-bond donors (Lipinski definition) is 3. The first-order valence-corrected chi connectivity index (χ1v) is 13.5. The Morgan fingerprint density at radius 1 is 0.906 bits per heavy atom. The van der Waals surface area contributed by atoms with Gasteiger partial charge < -0.3 is 20.0 Å². The van der Waals surface area contributed by atoms with Crippen molar-refractivity contribution in [2.24, 2.45) is 0 Å². The number of nitrogens with zero attached hydrogens (tertiary/aromatic N) is 7. The average Bonchev–Trinajstić information content (AvgIpc) is 3.61. The van der Waals surface area contributed by atoms with Crippen LogP contribution < -0.4 is 5.10 Å². The number of ether oxygens (including phenoxy) is 1. The van der Waals surface area contributed by atoms with Crippen LogP contribution in [0, 0.1) is 0 Å². The fraction of sp³-hybridized carbons (Fsp3) is 0.222. The predicted octanol–water partition coefficient (Wildman–Crippen LogP) is 2.95. The van der Waals surface area contributed by atoms with Gasteiger partial charge in [0.25, 0.3) is 0 Å². The number of nitrogens with one attached hydrogen (secondary N) is 1. The van der Waals surface area contributed by atoms with Gasteiger partial charge in [0.05, 0.1) is 5.56 Å². The third kappa shape index (κ3) is 8.89. The second-order valence-corrected chi connectivity index (χ2v) is 8.44. The predicted molar refractivity (Wildman–Crippen MR) is 113 cm³/mol. The van der Waals surface area contributed by atoms with Crippen LogP contribution in [0.2, 0.25) is 0 Å². The molecule has 2 aromatic carbocycles. The number of benzene rings is 2. The van der Waals surface area contributed by atoms with Gasteiger partial charge in [0.2, 0.25) is 5.82 Å². The minimum atomic E-state index is -0.556. The van der Waals surface area contributed by atoms with E-state index in [1.54, 1.807) is 48.5 Å². The third-order valence-corrected chi connectivity index (χ3v) is 3.78. The minimum absolute atomic E-state index is 0.132. The molecule has 0 aliphatic carbocycles. The molecule has 0 atom stereocenters. The van der Waals surface area contributed by atoms with Crippen molar-refractivity contribution >= 4 is 18.6 Å². The standard InChI is InChI=1S/C7H6N4O.C7H5N4O.C4H8O.2ClH.Ti/c2*12-6-4-2-1-3-5(6)7-8-10-11-9-7;1-2-4-5-3-1;;;/h1-4,12H,(H,8,9,10,11);1-4H,(H-,8,9,10,11,12);1-4H2;2*1H;/q;-1;;;;+2/p-2. The number of phenols is 2. The number of H-pyrrole nitrogens is 1. The van der Waals surface area contributed by atoms with Crippen LogP contribution in [-0.2, 0) is 21.8 Å². The normalized spacial score (nSPS) is 11.7. The first-order valence-electron chi connectivity index (χ1n) is 9.20. The van der Waals surface area contributed by atoms with Crippen molar-refractivity contribution in [1.29, 1.82) is 0 Å². The summed E-state index contributed by atoms with van der Waals surface area (Å²) in [7, 11) is 9.78. The summed E-state index contributed by atoms with van der Waals surface area (Å²) in [5.41, 5.74) is 1.12. The summed E-state index contributed by atoms with van der Waals surface area (Å²) >= 11 is -0.556. The zero-order valence-corrected chi connectivity index (χ0v) is 19.7. The number of rotatable bonds is 2. The Morgan fingerprint density at radius 3 is 1.94 bits per heavy atom. The maximum atomic E-state index is 9.36. The zero-order chi connectivity index (χ0) is 23.0. The van der Waals surface area contributed by atoms with E-state index in [4.69, 9.17) is 23.3 Å². The number of aromatic amines is 1. The van der Waals surface area contributed by atoms with Crippen LogP contribution in [0.4, 0.5) is 0 Å². The molecule has 5 rings (SSSR count). The molecule has 0 unspecified atom stereocenters. The molecule has 0 bridgehead atoms. The summed E-state index contributed by atoms with van der Waals surface area (Å²) in [4.78, 5) is 0. The van der Waals surface area contributed by atoms with Crippen LogP contribution in [0.15, 0.2) is 48.5 Å². The maximum absolute atomic E-state index is 9.36. The number of aromatic nitrogens is 8. The van der Waals surface area contributed by atoms with Gasteiger partial charge >= 0.3 is 35.6 Å². The van der Waals surface area contributed by atoms with Crippen molar-refractivity contribution in [2.45, 2.75) is 12.8 Å². The van der Waals surface area contributed by atoms with E-state index in [1.165, 1.54) is 12.8 Å². The van der Waals surface area contributed by atoms with Gasteiger partial charge in [-0.15, -0.1) is 10.2 Å². The zero-order valence-electron chi connectivity index (χ0n) is 16.6. The molecule has 2 aromatic heterocycles. The van der Waals surface area contributed by atoms with Gasteiger partial charge in [-0.2, -0.15) is 10.4 Å². The molecule has 1 aliphatic rings. The van der Waals surface area contributed by atoms with E-state index in [9.17, 15) is 10.2 Å². The van der Waals surface area contributed by atoms with Gasteiger partial charge in [-0.25, -0.2) is 0 Å². The Kier molecular flexibility index (Phi) is 12.3. The molecule has 32 heavy (non-hydrogen) atoms. The molecule has 3 heterocycles. The molecule has 1 aliphatic heterocycles. The SMILES string of the molecule is C1CCOC1.Oc1ccccc1-c1nn[nH]n1.Oc1ccccc1-c1nnn[n-]1.[Cl][Ti][Cl]. The Balaban J connectivity index is 0.000000171. The summed E-state index contributed by atoms with van der Waals surface area (Å²) in [6, 6.07) is 13.6. The molecule has 0 spiro atoms. The summed E-state index contributed by atoms with van der Waals surface area (Å²) < 4.78 is 4.94. The molecule has 14 heteroatoms. The second kappa shape index (κ2) is 15.3.